The van der Waals surface area contributed by atoms with E-state index in [1.807, 2.05) is 30.6 Å². The van der Waals surface area contributed by atoms with E-state index in [1.54, 1.807) is 6.20 Å². The number of hydrogen-bond acceptors (Lipinski definition) is 6. The van der Waals surface area contributed by atoms with E-state index in [1.165, 1.54) is 10.9 Å². The van der Waals surface area contributed by atoms with Crippen LogP contribution in [0, 0.1) is 0 Å². The van der Waals surface area contributed by atoms with Gasteiger partial charge in [0.1, 0.15) is 5.82 Å². The Hall–Kier alpha value is -3.58. The lowest BCUT2D eigenvalue weighted by molar-refractivity contribution is 0.122. The van der Waals surface area contributed by atoms with Gasteiger partial charge in [-0.25, -0.2) is 9.67 Å². The molecule has 1 aliphatic rings. The van der Waals surface area contributed by atoms with Gasteiger partial charge in [-0.05, 0) is 23.3 Å². The van der Waals surface area contributed by atoms with Crippen molar-refractivity contribution in [2.24, 2.45) is 0 Å². The summed E-state index contributed by atoms with van der Waals surface area (Å²) in [5, 5.41) is 5.18. The number of hydrogen-bond donors (Lipinski definition) is 0. The molecule has 1 saturated heterocycles. The third kappa shape index (κ3) is 3.36. The number of rotatable bonds is 4. The number of ether oxygens (including phenoxy) is 1. The number of benzene rings is 2. The van der Waals surface area contributed by atoms with Crippen molar-refractivity contribution in [1.29, 1.82) is 0 Å². The Morgan fingerprint density at radius 1 is 0.966 bits per heavy atom. The maximum Gasteiger partial charge on any atom is 0.253 e. The molecule has 0 spiro atoms. The van der Waals surface area contributed by atoms with Gasteiger partial charge in [-0.2, -0.15) is 10.1 Å². The second kappa shape index (κ2) is 7.44. The van der Waals surface area contributed by atoms with E-state index in [4.69, 9.17) is 9.72 Å². The van der Waals surface area contributed by atoms with Gasteiger partial charge in [0, 0.05) is 24.7 Å². The number of aromatic nitrogens is 4. The van der Waals surface area contributed by atoms with Gasteiger partial charge < -0.3 is 9.64 Å². The van der Waals surface area contributed by atoms with Crippen molar-refractivity contribution in [2.45, 2.75) is 0 Å². The van der Waals surface area contributed by atoms with Gasteiger partial charge in [-0.15, -0.1) is 0 Å². The standard InChI is InChI=1S/C22H18N5O2/c28-15-16-13-23-27(14-16)22-24-20-7-6-18(17-4-2-1-3-5-17)12-19(20)21(25-22)26-8-10-29-11-9-26/h1-7,12-14H,8-11H2. The van der Waals surface area contributed by atoms with Crippen molar-refractivity contribution in [3.05, 3.63) is 66.5 Å². The van der Waals surface area contributed by atoms with E-state index >= 15 is 0 Å². The summed E-state index contributed by atoms with van der Waals surface area (Å²) in [6.45, 7) is 2.83. The Bertz CT molecular complexity index is 1170. The largest absolute Gasteiger partial charge is 0.378 e. The zero-order valence-electron chi connectivity index (χ0n) is 15.7. The highest BCUT2D eigenvalue weighted by Crippen LogP contribution is 2.30. The van der Waals surface area contributed by atoms with Gasteiger partial charge in [0.15, 0.2) is 0 Å². The first kappa shape index (κ1) is 17.5. The molecule has 2 aromatic carbocycles. The number of anilines is 1. The summed E-state index contributed by atoms with van der Waals surface area (Å²) >= 11 is 0. The first-order chi connectivity index (χ1) is 14.3. The fraction of sp³-hybridized carbons (Fsp3) is 0.182. The molecule has 1 aliphatic heterocycles. The summed E-state index contributed by atoms with van der Waals surface area (Å²) in [5.41, 5.74) is 3.44. The van der Waals surface area contributed by atoms with E-state index in [0.717, 1.165) is 40.9 Å². The number of morpholine rings is 1. The summed E-state index contributed by atoms with van der Waals surface area (Å²) in [6, 6.07) is 16.4. The molecule has 0 aliphatic carbocycles. The number of nitrogens with zero attached hydrogens (tertiary/aromatic N) is 5. The molecule has 0 N–H and O–H groups in total. The molecule has 29 heavy (non-hydrogen) atoms. The van der Waals surface area contributed by atoms with Crippen LogP contribution in [-0.2, 0) is 9.53 Å². The zero-order valence-corrected chi connectivity index (χ0v) is 15.7. The Morgan fingerprint density at radius 2 is 1.79 bits per heavy atom. The number of fused-ring (bicyclic) bond motifs is 1. The van der Waals surface area contributed by atoms with Gasteiger partial charge in [-0.3, -0.25) is 4.79 Å². The minimum atomic E-state index is 0.362. The quantitative estimate of drug-likeness (QED) is 0.539. The lowest BCUT2D eigenvalue weighted by Gasteiger charge is -2.29. The van der Waals surface area contributed by atoms with Crippen LogP contribution >= 0.6 is 0 Å². The van der Waals surface area contributed by atoms with E-state index < -0.39 is 0 Å². The van der Waals surface area contributed by atoms with Gasteiger partial charge >= 0.3 is 0 Å². The second-order valence-electron chi connectivity index (χ2n) is 6.82. The zero-order chi connectivity index (χ0) is 19.6. The Morgan fingerprint density at radius 3 is 2.55 bits per heavy atom. The average molecular weight is 384 g/mol. The predicted octanol–water partition coefficient (Wildman–Crippen LogP) is 2.78. The fourth-order valence-corrected chi connectivity index (χ4v) is 3.51. The molecule has 0 saturated carbocycles. The molecule has 0 atom stereocenters. The molecule has 0 unspecified atom stereocenters. The molecular weight excluding hydrogens is 366 g/mol. The average Bonchev–Trinajstić information content (AvgIpc) is 3.29. The van der Waals surface area contributed by atoms with Gasteiger partial charge in [0.25, 0.3) is 5.95 Å². The molecule has 3 heterocycles. The summed E-state index contributed by atoms with van der Waals surface area (Å²) in [7, 11) is 0. The molecule has 2 aromatic heterocycles. The predicted molar refractivity (Wildman–Crippen MR) is 110 cm³/mol. The van der Waals surface area contributed by atoms with Crippen molar-refractivity contribution >= 4 is 23.0 Å². The third-order valence-electron chi connectivity index (χ3n) is 4.99. The summed E-state index contributed by atoms with van der Waals surface area (Å²) in [5.74, 6) is 1.27. The normalized spacial score (nSPS) is 14.3. The minimum absolute atomic E-state index is 0.362. The molecule has 0 amide bonds. The first-order valence-electron chi connectivity index (χ1n) is 9.45. The third-order valence-corrected chi connectivity index (χ3v) is 4.99. The number of carbonyl (C=O) groups excluding carboxylic acids is 1. The lowest BCUT2D eigenvalue weighted by Crippen LogP contribution is -2.37. The van der Waals surface area contributed by atoms with Crippen molar-refractivity contribution in [3.8, 4) is 17.1 Å². The lowest BCUT2D eigenvalue weighted by atomic mass is 10.0. The van der Waals surface area contributed by atoms with Gasteiger partial charge in [0.05, 0.1) is 30.5 Å². The van der Waals surface area contributed by atoms with Crippen LogP contribution in [0.15, 0.2) is 60.9 Å². The van der Waals surface area contributed by atoms with E-state index in [-0.39, 0.29) is 0 Å². The molecule has 0 bridgehead atoms. The van der Waals surface area contributed by atoms with E-state index in [9.17, 15) is 4.79 Å². The topological polar surface area (TPSA) is 73.1 Å². The van der Waals surface area contributed by atoms with Crippen molar-refractivity contribution < 1.29 is 9.53 Å². The second-order valence-corrected chi connectivity index (χ2v) is 6.82. The molecule has 1 radical (unpaired) electrons. The monoisotopic (exact) mass is 384 g/mol. The van der Waals surface area contributed by atoms with Crippen molar-refractivity contribution in [3.63, 3.8) is 0 Å². The summed E-state index contributed by atoms with van der Waals surface area (Å²) < 4.78 is 7.02. The van der Waals surface area contributed by atoms with Crippen LogP contribution in [0.3, 0.4) is 0 Å². The molecule has 7 heteroatoms. The molecule has 1 fully saturated rings. The van der Waals surface area contributed by atoms with Crippen LogP contribution in [0.25, 0.3) is 28.0 Å². The fourth-order valence-electron chi connectivity index (χ4n) is 3.51. The Balaban J connectivity index is 1.68. The Labute approximate surface area is 167 Å². The van der Waals surface area contributed by atoms with Crippen LogP contribution in [0.5, 0.6) is 0 Å². The first-order valence-corrected chi connectivity index (χ1v) is 9.45. The molecule has 4 aromatic rings. The van der Waals surface area contributed by atoms with Crippen molar-refractivity contribution in [2.75, 3.05) is 31.2 Å². The van der Waals surface area contributed by atoms with Crippen LogP contribution in [0.4, 0.5) is 5.82 Å². The Kier molecular flexibility index (Phi) is 4.50. The summed E-state index contributed by atoms with van der Waals surface area (Å²) in [4.78, 5) is 22.6. The SMILES string of the molecule is O=[C]c1cnn(-c2nc(N3CCOCC3)c3cc(-c4ccccc4)ccc3n2)c1. The molecule has 5 rings (SSSR count). The molecular formula is C22H18N5O2. The maximum absolute atomic E-state index is 10.9. The molecule has 7 nitrogen and oxygen atoms in total. The maximum atomic E-state index is 10.9. The smallest absolute Gasteiger partial charge is 0.253 e. The highest BCUT2D eigenvalue weighted by Gasteiger charge is 2.19. The van der Waals surface area contributed by atoms with Crippen LogP contribution in [0.1, 0.15) is 5.56 Å². The van der Waals surface area contributed by atoms with Gasteiger partial charge in [-0.1, -0.05) is 36.4 Å². The summed E-state index contributed by atoms with van der Waals surface area (Å²) in [6.07, 6.45) is 4.87. The van der Waals surface area contributed by atoms with Crippen molar-refractivity contribution in [1.82, 2.24) is 19.7 Å². The highest BCUT2D eigenvalue weighted by molar-refractivity contribution is 5.93. The van der Waals surface area contributed by atoms with Crippen LogP contribution < -0.4 is 4.90 Å². The van der Waals surface area contributed by atoms with E-state index in [2.05, 4.69) is 39.2 Å². The van der Waals surface area contributed by atoms with Gasteiger partial charge in [0.2, 0.25) is 6.29 Å². The van der Waals surface area contributed by atoms with Crippen LogP contribution in [-0.4, -0.2) is 52.3 Å². The minimum Gasteiger partial charge on any atom is -0.378 e. The van der Waals surface area contributed by atoms with E-state index in [0.29, 0.717) is 24.7 Å². The molecule has 143 valence electrons. The highest BCUT2D eigenvalue weighted by atomic mass is 16.5. The van der Waals surface area contributed by atoms with Crippen LogP contribution in [0.2, 0.25) is 0 Å².